The van der Waals surface area contributed by atoms with Crippen LogP contribution in [0.1, 0.15) is 51.9 Å². The smallest absolute Gasteiger partial charge is 0.240 e. The topological polar surface area (TPSA) is 52.6 Å². The van der Waals surface area contributed by atoms with Crippen molar-refractivity contribution in [1.29, 1.82) is 0 Å². The van der Waals surface area contributed by atoms with Crippen LogP contribution in [0.3, 0.4) is 0 Å². The highest BCUT2D eigenvalue weighted by Gasteiger charge is 2.33. The number of hydrogen-bond donors (Lipinski definition) is 2. The molecule has 1 heterocycles. The summed E-state index contributed by atoms with van der Waals surface area (Å²) in [5.74, 6) is 0.209. The Morgan fingerprint density at radius 2 is 2.00 bits per heavy atom. The van der Waals surface area contributed by atoms with Crippen LogP contribution in [0.2, 0.25) is 0 Å². The number of carbonyl (C=O) groups excluding carboxylic acids is 1. The van der Waals surface area contributed by atoms with Crippen molar-refractivity contribution in [2.24, 2.45) is 0 Å². The molecule has 0 aromatic carbocycles. The Balaban J connectivity index is 2.05. The predicted molar refractivity (Wildman–Crippen MR) is 71.3 cm³/mol. The first-order valence-corrected chi connectivity index (χ1v) is 7.39. The zero-order valence-corrected chi connectivity index (χ0v) is 11.4. The second-order valence-electron chi connectivity index (χ2n) is 5.74. The van der Waals surface area contributed by atoms with E-state index in [1.54, 1.807) is 0 Å². The predicted octanol–water partition coefficient (Wildman–Crippen LogP) is 1.28. The molecule has 2 rings (SSSR count). The molecule has 0 aromatic heterocycles. The maximum Gasteiger partial charge on any atom is 0.240 e. The van der Waals surface area contributed by atoms with E-state index >= 15 is 0 Å². The molecule has 104 valence electrons. The Morgan fingerprint density at radius 1 is 1.28 bits per heavy atom. The lowest BCUT2D eigenvalue weighted by Gasteiger charge is -2.35. The summed E-state index contributed by atoms with van der Waals surface area (Å²) in [6.07, 6.45) is 7.69. The van der Waals surface area contributed by atoms with Gasteiger partial charge in [0.05, 0.1) is 6.04 Å². The van der Waals surface area contributed by atoms with Crippen LogP contribution in [-0.4, -0.2) is 47.2 Å². The van der Waals surface area contributed by atoms with Crippen molar-refractivity contribution in [3.05, 3.63) is 0 Å². The average Bonchev–Trinajstić information content (AvgIpc) is 2.52. The first kappa shape index (κ1) is 13.8. The van der Waals surface area contributed by atoms with Crippen molar-refractivity contribution in [3.63, 3.8) is 0 Å². The van der Waals surface area contributed by atoms with Gasteiger partial charge in [-0.05, 0) is 32.6 Å². The van der Waals surface area contributed by atoms with Crippen molar-refractivity contribution in [3.8, 4) is 0 Å². The van der Waals surface area contributed by atoms with E-state index in [-0.39, 0.29) is 18.6 Å². The van der Waals surface area contributed by atoms with E-state index in [4.69, 9.17) is 5.11 Å². The number of rotatable bonds is 3. The van der Waals surface area contributed by atoms with E-state index in [2.05, 4.69) is 17.1 Å². The molecule has 0 spiro atoms. The van der Waals surface area contributed by atoms with E-state index < -0.39 is 0 Å². The minimum atomic E-state index is -0.186. The Kier molecular flexibility index (Phi) is 5.01. The molecule has 1 saturated heterocycles. The lowest BCUT2D eigenvalue weighted by molar-refractivity contribution is -0.136. The third-order valence-electron chi connectivity index (χ3n) is 4.30. The average molecular weight is 254 g/mol. The maximum absolute atomic E-state index is 12.5. The number of nitrogens with zero attached hydrogens (tertiary/aromatic N) is 1. The quantitative estimate of drug-likeness (QED) is 0.798. The van der Waals surface area contributed by atoms with Crippen LogP contribution in [0.5, 0.6) is 0 Å². The minimum Gasteiger partial charge on any atom is -0.396 e. The van der Waals surface area contributed by atoms with Gasteiger partial charge in [-0.2, -0.15) is 0 Å². The molecule has 4 heteroatoms. The Labute approximate surface area is 110 Å². The van der Waals surface area contributed by atoms with Gasteiger partial charge in [-0.25, -0.2) is 0 Å². The maximum atomic E-state index is 12.5. The molecule has 1 amide bonds. The molecule has 2 N–H and O–H groups in total. The van der Waals surface area contributed by atoms with Gasteiger partial charge in [0, 0.05) is 25.2 Å². The van der Waals surface area contributed by atoms with Gasteiger partial charge >= 0.3 is 0 Å². The largest absolute Gasteiger partial charge is 0.396 e. The molecular formula is C14H26N2O2. The summed E-state index contributed by atoms with van der Waals surface area (Å²) in [5.41, 5.74) is 0. The highest BCUT2D eigenvalue weighted by atomic mass is 16.3. The Bertz CT molecular complexity index is 277. The second kappa shape index (κ2) is 6.53. The molecule has 1 saturated carbocycles. The standard InChI is InChI=1S/C14H26N2O2/c1-11-7-9-16(12-5-3-2-4-6-12)14(18)13(15-11)8-10-17/h11-13,15,17H,2-10H2,1H3. The van der Waals surface area contributed by atoms with Crippen LogP contribution < -0.4 is 5.32 Å². The molecule has 2 atom stereocenters. The molecule has 2 fully saturated rings. The number of nitrogens with one attached hydrogen (secondary N) is 1. The Hall–Kier alpha value is -0.610. The lowest BCUT2D eigenvalue weighted by atomic mass is 9.93. The van der Waals surface area contributed by atoms with Gasteiger partial charge in [0.1, 0.15) is 0 Å². The molecule has 4 nitrogen and oxygen atoms in total. The Morgan fingerprint density at radius 3 is 2.67 bits per heavy atom. The van der Waals surface area contributed by atoms with Crippen LogP contribution in [0, 0.1) is 0 Å². The van der Waals surface area contributed by atoms with Gasteiger partial charge in [-0.1, -0.05) is 19.3 Å². The SMILES string of the molecule is CC1CCN(C2CCCCC2)C(=O)C(CCO)N1. The summed E-state index contributed by atoms with van der Waals surface area (Å²) in [7, 11) is 0. The summed E-state index contributed by atoms with van der Waals surface area (Å²) in [6, 6.07) is 0.619. The van der Waals surface area contributed by atoms with Gasteiger partial charge in [0.25, 0.3) is 0 Å². The molecule has 1 aliphatic carbocycles. The zero-order valence-electron chi connectivity index (χ0n) is 11.4. The summed E-state index contributed by atoms with van der Waals surface area (Å²) in [4.78, 5) is 14.6. The summed E-state index contributed by atoms with van der Waals surface area (Å²) >= 11 is 0. The van der Waals surface area contributed by atoms with E-state index in [1.807, 2.05) is 0 Å². The number of aliphatic hydroxyl groups is 1. The van der Waals surface area contributed by atoms with Crippen LogP contribution >= 0.6 is 0 Å². The molecule has 2 aliphatic rings. The van der Waals surface area contributed by atoms with Crippen molar-refractivity contribution in [2.45, 2.75) is 70.0 Å². The van der Waals surface area contributed by atoms with Crippen LogP contribution in [0.25, 0.3) is 0 Å². The summed E-state index contributed by atoms with van der Waals surface area (Å²) in [6.45, 7) is 3.08. The molecule has 0 bridgehead atoms. The minimum absolute atomic E-state index is 0.0780. The highest BCUT2D eigenvalue weighted by molar-refractivity contribution is 5.82. The fourth-order valence-corrected chi connectivity index (χ4v) is 3.23. The number of aliphatic hydroxyl groups excluding tert-OH is 1. The fourth-order valence-electron chi connectivity index (χ4n) is 3.23. The highest BCUT2D eigenvalue weighted by Crippen LogP contribution is 2.25. The lowest BCUT2D eigenvalue weighted by Crippen LogP contribution is -2.49. The van der Waals surface area contributed by atoms with E-state index in [1.165, 1.54) is 19.3 Å². The van der Waals surface area contributed by atoms with Crippen molar-refractivity contribution >= 4 is 5.91 Å². The third-order valence-corrected chi connectivity index (χ3v) is 4.30. The van der Waals surface area contributed by atoms with Gasteiger partial charge in [0.2, 0.25) is 5.91 Å². The van der Waals surface area contributed by atoms with Gasteiger partial charge < -0.3 is 15.3 Å². The van der Waals surface area contributed by atoms with E-state index in [0.29, 0.717) is 18.5 Å². The van der Waals surface area contributed by atoms with Gasteiger partial charge in [-0.3, -0.25) is 4.79 Å². The molecule has 2 unspecified atom stereocenters. The number of amides is 1. The first-order chi connectivity index (χ1) is 8.72. The monoisotopic (exact) mass is 254 g/mol. The third kappa shape index (κ3) is 3.23. The molecule has 0 aromatic rings. The molecule has 0 radical (unpaired) electrons. The van der Waals surface area contributed by atoms with Crippen molar-refractivity contribution < 1.29 is 9.90 Å². The van der Waals surface area contributed by atoms with Gasteiger partial charge in [-0.15, -0.1) is 0 Å². The van der Waals surface area contributed by atoms with E-state index in [0.717, 1.165) is 25.8 Å². The van der Waals surface area contributed by atoms with Crippen molar-refractivity contribution in [2.75, 3.05) is 13.2 Å². The normalized spacial score (nSPS) is 31.4. The number of hydrogen-bond acceptors (Lipinski definition) is 3. The van der Waals surface area contributed by atoms with E-state index in [9.17, 15) is 4.79 Å². The van der Waals surface area contributed by atoms with Gasteiger partial charge in [0.15, 0.2) is 0 Å². The fraction of sp³-hybridized carbons (Fsp3) is 0.929. The summed E-state index contributed by atoms with van der Waals surface area (Å²) < 4.78 is 0. The second-order valence-corrected chi connectivity index (χ2v) is 5.74. The van der Waals surface area contributed by atoms with Crippen LogP contribution in [0.4, 0.5) is 0 Å². The molecule has 18 heavy (non-hydrogen) atoms. The van der Waals surface area contributed by atoms with Crippen LogP contribution in [0.15, 0.2) is 0 Å². The van der Waals surface area contributed by atoms with Crippen LogP contribution in [-0.2, 0) is 4.79 Å². The summed E-state index contributed by atoms with van der Waals surface area (Å²) in [5, 5.41) is 12.4. The molecule has 1 aliphatic heterocycles. The number of carbonyl (C=O) groups is 1. The first-order valence-electron chi connectivity index (χ1n) is 7.39. The van der Waals surface area contributed by atoms with Crippen molar-refractivity contribution in [1.82, 2.24) is 10.2 Å². The zero-order chi connectivity index (χ0) is 13.0. The molecular weight excluding hydrogens is 228 g/mol.